The SMILES string of the molecule is CN(C)S(=O)(=O)c1ccccc1CNC(=O)c1ccccc1-c1ccc(C(F)(F)F)cc1. The molecule has 0 heterocycles. The Morgan fingerprint density at radius 1 is 0.906 bits per heavy atom. The predicted molar refractivity (Wildman–Crippen MR) is 115 cm³/mol. The molecule has 0 spiro atoms. The maximum atomic E-state index is 12.9. The molecule has 168 valence electrons. The fourth-order valence-corrected chi connectivity index (χ4v) is 4.26. The van der Waals surface area contributed by atoms with Crippen LogP contribution in [0.25, 0.3) is 11.1 Å². The number of alkyl halides is 3. The molecule has 0 radical (unpaired) electrons. The van der Waals surface area contributed by atoms with Gasteiger partial charge in [0.15, 0.2) is 0 Å². The van der Waals surface area contributed by atoms with Crippen molar-refractivity contribution in [3.8, 4) is 11.1 Å². The molecular formula is C23H21F3N2O3S. The van der Waals surface area contributed by atoms with Crippen LogP contribution < -0.4 is 5.32 Å². The Hall–Kier alpha value is -3.17. The summed E-state index contributed by atoms with van der Waals surface area (Å²) in [6.45, 7) is -0.0383. The second-order valence-corrected chi connectivity index (χ2v) is 9.32. The first-order valence-electron chi connectivity index (χ1n) is 9.57. The minimum atomic E-state index is -4.45. The number of amides is 1. The second-order valence-electron chi connectivity index (χ2n) is 7.20. The van der Waals surface area contributed by atoms with Gasteiger partial charge in [0.1, 0.15) is 0 Å². The monoisotopic (exact) mass is 462 g/mol. The lowest BCUT2D eigenvalue weighted by molar-refractivity contribution is -0.137. The van der Waals surface area contributed by atoms with Crippen LogP contribution in [0.2, 0.25) is 0 Å². The van der Waals surface area contributed by atoms with E-state index in [9.17, 15) is 26.4 Å². The molecule has 0 bridgehead atoms. The van der Waals surface area contributed by atoms with E-state index in [2.05, 4.69) is 5.32 Å². The van der Waals surface area contributed by atoms with Crippen LogP contribution in [0.1, 0.15) is 21.5 Å². The largest absolute Gasteiger partial charge is 0.416 e. The van der Waals surface area contributed by atoms with Gasteiger partial charge in [-0.15, -0.1) is 0 Å². The summed E-state index contributed by atoms with van der Waals surface area (Å²) in [4.78, 5) is 13.0. The quantitative estimate of drug-likeness (QED) is 0.584. The Morgan fingerprint density at radius 3 is 2.12 bits per heavy atom. The van der Waals surface area contributed by atoms with E-state index in [0.717, 1.165) is 16.4 Å². The van der Waals surface area contributed by atoms with E-state index >= 15 is 0 Å². The van der Waals surface area contributed by atoms with E-state index in [1.54, 1.807) is 42.5 Å². The van der Waals surface area contributed by atoms with E-state index in [1.807, 2.05) is 0 Å². The molecule has 0 aromatic heterocycles. The third-order valence-electron chi connectivity index (χ3n) is 4.87. The number of hydrogen-bond acceptors (Lipinski definition) is 3. The van der Waals surface area contributed by atoms with Gasteiger partial charge < -0.3 is 5.32 Å². The van der Waals surface area contributed by atoms with Gasteiger partial charge in [0.05, 0.1) is 10.5 Å². The van der Waals surface area contributed by atoms with Crippen molar-refractivity contribution in [3.63, 3.8) is 0 Å². The number of halogens is 3. The van der Waals surface area contributed by atoms with E-state index in [-0.39, 0.29) is 17.0 Å². The Labute approximate surface area is 184 Å². The zero-order valence-electron chi connectivity index (χ0n) is 17.3. The third kappa shape index (κ3) is 5.00. The van der Waals surface area contributed by atoms with Gasteiger partial charge in [-0.05, 0) is 41.0 Å². The zero-order valence-corrected chi connectivity index (χ0v) is 18.2. The first kappa shape index (κ1) is 23.5. The summed E-state index contributed by atoms with van der Waals surface area (Å²) in [6.07, 6.45) is -4.45. The molecule has 3 aromatic rings. The van der Waals surface area contributed by atoms with Crippen molar-refractivity contribution in [1.82, 2.24) is 9.62 Å². The number of benzene rings is 3. The van der Waals surface area contributed by atoms with Crippen LogP contribution in [0.3, 0.4) is 0 Å². The lowest BCUT2D eigenvalue weighted by Crippen LogP contribution is -2.27. The normalized spacial score (nSPS) is 12.1. The van der Waals surface area contributed by atoms with Crippen LogP contribution >= 0.6 is 0 Å². The average Bonchev–Trinajstić information content (AvgIpc) is 2.77. The highest BCUT2D eigenvalue weighted by molar-refractivity contribution is 7.89. The molecule has 0 aliphatic rings. The predicted octanol–water partition coefficient (Wildman–Crippen LogP) is 4.55. The highest BCUT2D eigenvalue weighted by Gasteiger charge is 2.30. The number of carbonyl (C=O) groups excluding carboxylic acids is 1. The Kier molecular flexibility index (Phi) is 6.71. The third-order valence-corrected chi connectivity index (χ3v) is 6.78. The maximum absolute atomic E-state index is 12.9. The summed E-state index contributed by atoms with van der Waals surface area (Å²) in [7, 11) is -0.854. The second kappa shape index (κ2) is 9.13. The minimum absolute atomic E-state index is 0.0383. The van der Waals surface area contributed by atoms with Crippen molar-refractivity contribution in [1.29, 1.82) is 0 Å². The molecule has 0 aliphatic heterocycles. The van der Waals surface area contributed by atoms with Crippen LogP contribution in [-0.2, 0) is 22.7 Å². The molecule has 32 heavy (non-hydrogen) atoms. The number of rotatable bonds is 6. The van der Waals surface area contributed by atoms with Gasteiger partial charge in [-0.3, -0.25) is 4.79 Å². The fraction of sp³-hybridized carbons (Fsp3) is 0.174. The first-order chi connectivity index (χ1) is 15.0. The van der Waals surface area contributed by atoms with E-state index in [0.29, 0.717) is 16.7 Å². The van der Waals surface area contributed by atoms with Gasteiger partial charge in [-0.25, -0.2) is 12.7 Å². The van der Waals surface area contributed by atoms with Crippen molar-refractivity contribution < 1.29 is 26.4 Å². The highest BCUT2D eigenvalue weighted by Crippen LogP contribution is 2.32. The summed E-state index contributed by atoms with van der Waals surface area (Å²) >= 11 is 0. The van der Waals surface area contributed by atoms with Gasteiger partial charge in [-0.1, -0.05) is 48.5 Å². The summed E-state index contributed by atoms with van der Waals surface area (Å²) in [5.41, 5.74) is 0.830. The average molecular weight is 462 g/mol. The number of carbonyl (C=O) groups is 1. The van der Waals surface area contributed by atoms with Gasteiger partial charge >= 0.3 is 6.18 Å². The molecule has 0 unspecified atom stereocenters. The molecule has 1 amide bonds. The molecule has 0 saturated heterocycles. The smallest absolute Gasteiger partial charge is 0.348 e. The van der Waals surface area contributed by atoms with Crippen LogP contribution in [0.5, 0.6) is 0 Å². The molecule has 5 nitrogen and oxygen atoms in total. The Balaban J connectivity index is 1.86. The molecular weight excluding hydrogens is 441 g/mol. The van der Waals surface area contributed by atoms with Crippen LogP contribution in [0.15, 0.2) is 77.7 Å². The minimum Gasteiger partial charge on any atom is -0.348 e. The van der Waals surface area contributed by atoms with Gasteiger partial charge in [0.25, 0.3) is 5.91 Å². The molecule has 1 N–H and O–H groups in total. The van der Waals surface area contributed by atoms with Crippen molar-refractivity contribution in [3.05, 3.63) is 89.5 Å². The first-order valence-corrected chi connectivity index (χ1v) is 11.0. The van der Waals surface area contributed by atoms with Crippen LogP contribution in [0.4, 0.5) is 13.2 Å². The highest BCUT2D eigenvalue weighted by atomic mass is 32.2. The van der Waals surface area contributed by atoms with Gasteiger partial charge in [0.2, 0.25) is 10.0 Å². The Morgan fingerprint density at radius 2 is 1.50 bits per heavy atom. The van der Waals surface area contributed by atoms with Crippen LogP contribution in [-0.4, -0.2) is 32.7 Å². The lowest BCUT2D eigenvalue weighted by Gasteiger charge is -2.16. The molecule has 3 rings (SSSR count). The fourth-order valence-electron chi connectivity index (χ4n) is 3.14. The summed E-state index contributed by atoms with van der Waals surface area (Å²) in [5, 5.41) is 2.71. The van der Waals surface area contributed by atoms with Gasteiger partial charge in [-0.2, -0.15) is 13.2 Å². The van der Waals surface area contributed by atoms with Crippen molar-refractivity contribution in [2.45, 2.75) is 17.6 Å². The van der Waals surface area contributed by atoms with Gasteiger partial charge in [0, 0.05) is 26.2 Å². The molecule has 3 aromatic carbocycles. The molecule has 0 aliphatic carbocycles. The topological polar surface area (TPSA) is 66.5 Å². The van der Waals surface area contributed by atoms with Crippen LogP contribution in [0, 0.1) is 0 Å². The standard InChI is InChI=1S/C23H21F3N2O3S/c1-28(2)32(30,31)21-10-6-3-7-17(21)15-27-22(29)20-9-5-4-8-19(20)16-11-13-18(14-12-16)23(24,25)26/h3-14H,15H2,1-2H3,(H,27,29). The van der Waals surface area contributed by atoms with E-state index < -0.39 is 27.7 Å². The van der Waals surface area contributed by atoms with Crippen molar-refractivity contribution >= 4 is 15.9 Å². The van der Waals surface area contributed by atoms with E-state index in [1.165, 1.54) is 32.3 Å². The summed E-state index contributed by atoms with van der Waals surface area (Å²) in [5.74, 6) is -0.474. The molecule has 9 heteroatoms. The summed E-state index contributed by atoms with van der Waals surface area (Å²) in [6, 6.07) is 17.4. The number of sulfonamides is 1. The van der Waals surface area contributed by atoms with E-state index in [4.69, 9.17) is 0 Å². The number of nitrogens with zero attached hydrogens (tertiary/aromatic N) is 1. The maximum Gasteiger partial charge on any atom is 0.416 e. The molecule has 0 fully saturated rings. The molecule has 0 saturated carbocycles. The lowest BCUT2D eigenvalue weighted by atomic mass is 9.98. The number of hydrogen-bond donors (Lipinski definition) is 1. The molecule has 0 atom stereocenters. The summed E-state index contributed by atoms with van der Waals surface area (Å²) < 4.78 is 64.7. The number of nitrogens with one attached hydrogen (secondary N) is 1. The van der Waals surface area contributed by atoms with Crippen molar-refractivity contribution in [2.75, 3.05) is 14.1 Å². The Bertz CT molecular complexity index is 1220. The zero-order chi connectivity index (χ0) is 23.5. The van der Waals surface area contributed by atoms with Crippen molar-refractivity contribution in [2.24, 2.45) is 0 Å².